The van der Waals surface area contributed by atoms with Crippen molar-refractivity contribution < 1.29 is 8.42 Å². The third-order valence-electron chi connectivity index (χ3n) is 2.00. The van der Waals surface area contributed by atoms with Crippen LogP contribution in [0.1, 0.15) is 4.88 Å². The van der Waals surface area contributed by atoms with Gasteiger partial charge in [-0.05, 0) is 0 Å². The van der Waals surface area contributed by atoms with Crippen LogP contribution in [0.5, 0.6) is 0 Å². The first-order valence-electron chi connectivity index (χ1n) is 4.64. The Balaban J connectivity index is 2.20. The van der Waals surface area contributed by atoms with Crippen LogP contribution in [0.3, 0.4) is 0 Å². The lowest BCUT2D eigenvalue weighted by Crippen LogP contribution is -2.27. The second-order valence-electron chi connectivity index (χ2n) is 3.17. The molecular formula is C9H9N3O3S2. The third kappa shape index (κ3) is 2.78. The van der Waals surface area contributed by atoms with Crippen LogP contribution in [-0.2, 0) is 16.6 Å². The molecule has 0 atom stereocenters. The first-order valence-corrected chi connectivity index (χ1v) is 7.00. The van der Waals surface area contributed by atoms with Gasteiger partial charge in [-0.3, -0.25) is 9.78 Å². The molecule has 90 valence electrons. The smallest absolute Gasteiger partial charge is 0.246 e. The Kier molecular flexibility index (Phi) is 3.36. The maximum atomic E-state index is 11.8. The summed E-state index contributed by atoms with van der Waals surface area (Å²) in [6, 6.07) is 1.17. The SMILES string of the molecule is O=c1cc[nH]cc1S(=O)(=O)NCc1cncs1. The first-order chi connectivity index (χ1) is 8.09. The van der Waals surface area contributed by atoms with Crippen molar-refractivity contribution in [2.45, 2.75) is 11.4 Å². The normalized spacial score (nSPS) is 11.5. The number of hydrogen-bond donors (Lipinski definition) is 2. The van der Waals surface area contributed by atoms with Gasteiger partial charge in [0.15, 0.2) is 0 Å². The maximum Gasteiger partial charge on any atom is 0.246 e. The van der Waals surface area contributed by atoms with E-state index in [0.717, 1.165) is 11.1 Å². The number of aromatic nitrogens is 2. The minimum atomic E-state index is -3.78. The van der Waals surface area contributed by atoms with E-state index in [-0.39, 0.29) is 11.4 Å². The molecule has 0 saturated carbocycles. The molecule has 8 heteroatoms. The van der Waals surface area contributed by atoms with Gasteiger partial charge in [0.2, 0.25) is 15.5 Å². The molecule has 0 aliphatic carbocycles. The highest BCUT2D eigenvalue weighted by molar-refractivity contribution is 7.89. The van der Waals surface area contributed by atoms with Crippen molar-refractivity contribution >= 4 is 21.4 Å². The molecule has 0 radical (unpaired) electrons. The molecule has 2 heterocycles. The van der Waals surface area contributed by atoms with Crippen molar-refractivity contribution in [3.8, 4) is 0 Å². The highest BCUT2D eigenvalue weighted by Crippen LogP contribution is 2.07. The van der Waals surface area contributed by atoms with E-state index in [1.165, 1.54) is 23.6 Å². The number of hydrogen-bond acceptors (Lipinski definition) is 5. The lowest BCUT2D eigenvalue weighted by molar-refractivity contribution is 0.580. The fourth-order valence-electron chi connectivity index (χ4n) is 1.18. The van der Waals surface area contributed by atoms with E-state index in [1.807, 2.05) is 0 Å². The number of aromatic amines is 1. The van der Waals surface area contributed by atoms with Gasteiger partial charge >= 0.3 is 0 Å². The molecule has 17 heavy (non-hydrogen) atoms. The third-order valence-corrected chi connectivity index (χ3v) is 4.20. The van der Waals surface area contributed by atoms with Gasteiger partial charge < -0.3 is 4.98 Å². The molecule has 0 bridgehead atoms. The zero-order valence-corrected chi connectivity index (χ0v) is 10.2. The first kappa shape index (κ1) is 12.0. The highest BCUT2D eigenvalue weighted by Gasteiger charge is 2.17. The van der Waals surface area contributed by atoms with E-state index in [0.29, 0.717) is 0 Å². The lowest BCUT2D eigenvalue weighted by atomic mass is 10.5. The highest BCUT2D eigenvalue weighted by atomic mass is 32.2. The molecule has 0 aromatic carbocycles. The Labute approximate surface area is 101 Å². The molecule has 0 amide bonds. The van der Waals surface area contributed by atoms with Gasteiger partial charge in [0.25, 0.3) is 0 Å². The van der Waals surface area contributed by atoms with Crippen molar-refractivity contribution in [3.63, 3.8) is 0 Å². The average Bonchev–Trinajstić information content (AvgIpc) is 2.80. The van der Waals surface area contributed by atoms with Crippen LogP contribution >= 0.6 is 11.3 Å². The summed E-state index contributed by atoms with van der Waals surface area (Å²) in [7, 11) is -3.78. The Morgan fingerprint density at radius 3 is 2.94 bits per heavy atom. The molecule has 0 unspecified atom stereocenters. The molecule has 0 aliphatic rings. The molecule has 2 rings (SSSR count). The minimum Gasteiger partial charge on any atom is -0.366 e. The van der Waals surface area contributed by atoms with Crippen molar-refractivity contribution in [1.29, 1.82) is 0 Å². The number of nitrogens with one attached hydrogen (secondary N) is 2. The van der Waals surface area contributed by atoms with Crippen LogP contribution in [0.15, 0.2) is 39.9 Å². The lowest BCUT2D eigenvalue weighted by Gasteiger charge is -2.03. The fraction of sp³-hybridized carbons (Fsp3) is 0.111. The standard InChI is InChI=1S/C9H9N3O3S2/c13-8-1-2-10-5-9(8)17(14,15)12-4-7-3-11-6-16-7/h1-3,5-6,12H,4H2,(H,10,13). The van der Waals surface area contributed by atoms with Crippen molar-refractivity contribution in [2.24, 2.45) is 0 Å². The van der Waals surface area contributed by atoms with Crippen molar-refractivity contribution in [1.82, 2.24) is 14.7 Å². The second kappa shape index (κ2) is 4.78. The molecular weight excluding hydrogens is 262 g/mol. The van der Waals surface area contributed by atoms with Gasteiger partial charge in [-0.15, -0.1) is 11.3 Å². The zero-order valence-electron chi connectivity index (χ0n) is 8.58. The fourth-order valence-corrected chi connectivity index (χ4v) is 2.87. The quantitative estimate of drug-likeness (QED) is 0.837. The van der Waals surface area contributed by atoms with Gasteiger partial charge in [0, 0.05) is 36.1 Å². The number of pyridine rings is 1. The molecule has 2 aromatic heterocycles. The van der Waals surface area contributed by atoms with Crippen LogP contribution < -0.4 is 10.2 Å². The van der Waals surface area contributed by atoms with Gasteiger partial charge in [0.1, 0.15) is 4.90 Å². The molecule has 0 spiro atoms. The summed E-state index contributed by atoms with van der Waals surface area (Å²) >= 11 is 1.34. The second-order valence-corrected chi connectivity index (χ2v) is 5.87. The molecule has 0 aliphatic heterocycles. The van der Waals surface area contributed by atoms with E-state index in [2.05, 4.69) is 14.7 Å². The largest absolute Gasteiger partial charge is 0.366 e. The zero-order chi connectivity index (χ0) is 12.3. The number of H-pyrrole nitrogens is 1. The monoisotopic (exact) mass is 271 g/mol. The van der Waals surface area contributed by atoms with E-state index >= 15 is 0 Å². The van der Waals surface area contributed by atoms with E-state index in [9.17, 15) is 13.2 Å². The number of rotatable bonds is 4. The van der Waals surface area contributed by atoms with Crippen LogP contribution in [0.25, 0.3) is 0 Å². The van der Waals surface area contributed by atoms with Gasteiger partial charge in [-0.1, -0.05) is 0 Å². The summed E-state index contributed by atoms with van der Waals surface area (Å²) in [5.41, 5.74) is 1.07. The molecule has 0 fully saturated rings. The summed E-state index contributed by atoms with van der Waals surface area (Å²) < 4.78 is 25.9. The Hall–Kier alpha value is -1.51. The van der Waals surface area contributed by atoms with Crippen LogP contribution in [-0.4, -0.2) is 18.4 Å². The van der Waals surface area contributed by atoms with Gasteiger partial charge in [0.05, 0.1) is 5.51 Å². The maximum absolute atomic E-state index is 11.8. The number of thiazole rings is 1. The predicted octanol–water partition coefficient (Wildman–Crippen LogP) is 0.310. The van der Waals surface area contributed by atoms with Crippen molar-refractivity contribution in [2.75, 3.05) is 0 Å². The molecule has 6 nitrogen and oxygen atoms in total. The summed E-state index contributed by atoms with van der Waals surface area (Å²) in [6.45, 7) is 0.126. The molecule has 2 aromatic rings. The summed E-state index contributed by atoms with van der Waals surface area (Å²) in [4.78, 5) is 18.3. The molecule has 2 N–H and O–H groups in total. The Morgan fingerprint density at radius 1 is 1.47 bits per heavy atom. The summed E-state index contributed by atoms with van der Waals surface area (Å²) in [5, 5.41) is 0. The van der Waals surface area contributed by atoms with E-state index in [4.69, 9.17) is 0 Å². The topological polar surface area (TPSA) is 91.9 Å². The number of nitrogens with zero attached hydrogens (tertiary/aromatic N) is 1. The van der Waals surface area contributed by atoms with E-state index in [1.54, 1.807) is 11.7 Å². The van der Waals surface area contributed by atoms with Crippen LogP contribution in [0, 0.1) is 0 Å². The number of sulfonamides is 1. The minimum absolute atomic E-state index is 0.126. The summed E-state index contributed by atoms with van der Waals surface area (Å²) in [5.74, 6) is 0. The van der Waals surface area contributed by atoms with Crippen molar-refractivity contribution in [3.05, 3.63) is 45.3 Å². The van der Waals surface area contributed by atoms with Crippen LogP contribution in [0.4, 0.5) is 0 Å². The van der Waals surface area contributed by atoms with Crippen LogP contribution in [0.2, 0.25) is 0 Å². The Morgan fingerprint density at radius 2 is 2.29 bits per heavy atom. The molecule has 0 saturated heterocycles. The summed E-state index contributed by atoms with van der Waals surface area (Å²) in [6.07, 6.45) is 4.12. The predicted molar refractivity (Wildman–Crippen MR) is 63.2 cm³/mol. The van der Waals surface area contributed by atoms with Gasteiger partial charge in [-0.2, -0.15) is 0 Å². The van der Waals surface area contributed by atoms with Gasteiger partial charge in [-0.25, -0.2) is 13.1 Å². The van der Waals surface area contributed by atoms with E-state index < -0.39 is 15.5 Å². The average molecular weight is 271 g/mol. The Bertz CT molecular complexity index is 646.